The normalized spacial score (nSPS) is 10.8. The van der Waals surface area contributed by atoms with Gasteiger partial charge in [-0.15, -0.1) is 0 Å². The molecule has 1 heterocycles. The lowest BCUT2D eigenvalue weighted by Gasteiger charge is -2.02. The molecule has 0 radical (unpaired) electrons. The number of carbonyl (C=O) groups is 1. The summed E-state index contributed by atoms with van der Waals surface area (Å²) in [6.45, 7) is 5.18. The van der Waals surface area contributed by atoms with Crippen LogP contribution in [-0.4, -0.2) is 21.1 Å². The lowest BCUT2D eigenvalue weighted by Crippen LogP contribution is -2.32. The molecule has 0 N–H and O–H groups in total. The predicted molar refractivity (Wildman–Crippen MR) is 59.9 cm³/mol. The molecule has 1 aromatic heterocycles. The maximum Gasteiger partial charge on any atom is 0.341 e. The van der Waals surface area contributed by atoms with Crippen LogP contribution >= 0.6 is 11.5 Å². The van der Waals surface area contributed by atoms with Gasteiger partial charge in [0.2, 0.25) is 0 Å². The van der Waals surface area contributed by atoms with E-state index >= 15 is 0 Å². The molecule has 0 unspecified atom stereocenters. The summed E-state index contributed by atoms with van der Waals surface area (Å²) >= 11 is 0.813. The minimum absolute atomic E-state index is 0.0892. The monoisotopic (exact) mass is 246 g/mol. The van der Waals surface area contributed by atoms with Crippen LogP contribution in [0.5, 0.6) is 0 Å². The first-order chi connectivity index (χ1) is 7.47. The van der Waals surface area contributed by atoms with Crippen molar-refractivity contribution in [1.29, 1.82) is 0 Å². The molecule has 0 aliphatic rings. The summed E-state index contributed by atoms with van der Waals surface area (Å²) in [5, 5.41) is 0. The number of hydrogen-bond donors (Lipinski definition) is 0. The van der Waals surface area contributed by atoms with E-state index in [4.69, 9.17) is 0 Å². The highest BCUT2D eigenvalue weighted by molar-refractivity contribution is 7.03. The number of ether oxygens (including phenoxy) is 1. The number of aromatic nitrogens is 2. The highest BCUT2D eigenvalue weighted by Crippen LogP contribution is 2.01. The van der Waals surface area contributed by atoms with Gasteiger partial charge in [-0.2, -0.15) is 0 Å². The third kappa shape index (κ3) is 2.60. The molecule has 0 aromatic carbocycles. The Morgan fingerprint density at radius 2 is 2.06 bits per heavy atom. The van der Waals surface area contributed by atoms with E-state index in [1.54, 1.807) is 20.8 Å². The van der Waals surface area contributed by atoms with Crippen LogP contribution in [-0.2, 0) is 16.1 Å². The summed E-state index contributed by atoms with van der Waals surface area (Å²) in [6, 6.07) is -0.0892. The molecule has 0 saturated heterocycles. The first-order valence-corrected chi connectivity index (χ1v) is 5.73. The van der Waals surface area contributed by atoms with Gasteiger partial charge in [-0.05, 0) is 20.8 Å². The molecule has 90 valence electrons. The molecule has 0 bridgehead atoms. The fraction of sp³-hybridized carbons (Fsp3) is 0.667. The average Bonchev–Trinajstić information content (AvgIpc) is 2.46. The Morgan fingerprint density at radius 3 is 2.50 bits per heavy atom. The minimum atomic E-state index is -0.574. The quantitative estimate of drug-likeness (QED) is 0.712. The lowest BCUT2D eigenvalue weighted by molar-refractivity contribution is -0.143. The van der Waals surface area contributed by atoms with E-state index in [0.717, 1.165) is 16.1 Å². The van der Waals surface area contributed by atoms with E-state index in [1.807, 2.05) is 0 Å². The zero-order chi connectivity index (χ0) is 12.3. The standard InChI is InChI=1S/C9H14N2O4S/c1-4-15-7(12)5-10-8(13)11(6(2)3)16-9(10)14/h6H,4-5H2,1-3H3. The largest absolute Gasteiger partial charge is 0.465 e. The van der Waals surface area contributed by atoms with Crippen LogP contribution < -0.4 is 10.6 Å². The molecule has 0 aliphatic heterocycles. The second kappa shape index (κ2) is 5.11. The molecule has 0 spiro atoms. The highest BCUT2D eigenvalue weighted by atomic mass is 32.1. The molecule has 16 heavy (non-hydrogen) atoms. The van der Waals surface area contributed by atoms with Crippen molar-refractivity contribution in [2.75, 3.05) is 6.61 Å². The maximum atomic E-state index is 11.7. The van der Waals surface area contributed by atoms with Crippen LogP contribution in [0.25, 0.3) is 0 Å². The Bertz CT molecular complexity index is 482. The van der Waals surface area contributed by atoms with Gasteiger partial charge in [0, 0.05) is 17.6 Å². The van der Waals surface area contributed by atoms with E-state index in [-0.39, 0.29) is 19.2 Å². The molecule has 0 fully saturated rings. The molecule has 0 saturated carbocycles. The Morgan fingerprint density at radius 1 is 1.44 bits per heavy atom. The molecule has 6 nitrogen and oxygen atoms in total. The minimum Gasteiger partial charge on any atom is -0.465 e. The molecular weight excluding hydrogens is 232 g/mol. The topological polar surface area (TPSA) is 70.3 Å². The van der Waals surface area contributed by atoms with Gasteiger partial charge >= 0.3 is 16.5 Å². The second-order valence-electron chi connectivity index (χ2n) is 3.45. The SMILES string of the molecule is CCOC(=O)Cn1c(=O)sn(C(C)C)c1=O. The zero-order valence-electron chi connectivity index (χ0n) is 9.43. The summed E-state index contributed by atoms with van der Waals surface area (Å²) < 4.78 is 6.91. The third-order valence-corrected chi connectivity index (χ3v) is 3.03. The molecule has 0 atom stereocenters. The third-order valence-electron chi connectivity index (χ3n) is 1.88. The maximum absolute atomic E-state index is 11.7. The van der Waals surface area contributed by atoms with E-state index < -0.39 is 16.5 Å². The average molecular weight is 246 g/mol. The fourth-order valence-corrected chi connectivity index (χ4v) is 1.96. The number of esters is 1. The first kappa shape index (κ1) is 12.7. The summed E-state index contributed by atoms with van der Waals surface area (Å²) in [6.07, 6.45) is 0. The number of rotatable bonds is 4. The first-order valence-electron chi connectivity index (χ1n) is 4.95. The molecule has 1 aromatic rings. The number of carbonyl (C=O) groups excluding carboxylic acids is 1. The van der Waals surface area contributed by atoms with Crippen molar-refractivity contribution in [3.05, 3.63) is 20.2 Å². The van der Waals surface area contributed by atoms with Gasteiger partial charge in [0.25, 0.3) is 0 Å². The van der Waals surface area contributed by atoms with Crippen LogP contribution in [0.15, 0.2) is 9.59 Å². The second-order valence-corrected chi connectivity index (χ2v) is 4.38. The zero-order valence-corrected chi connectivity index (χ0v) is 10.2. The van der Waals surface area contributed by atoms with Gasteiger partial charge < -0.3 is 4.74 Å². The van der Waals surface area contributed by atoms with Crippen LogP contribution in [0.2, 0.25) is 0 Å². The van der Waals surface area contributed by atoms with Crippen molar-refractivity contribution >= 4 is 17.5 Å². The van der Waals surface area contributed by atoms with Crippen LogP contribution in [0.1, 0.15) is 26.8 Å². The molecule has 0 amide bonds. The van der Waals surface area contributed by atoms with Crippen LogP contribution in [0.4, 0.5) is 0 Å². The van der Waals surface area contributed by atoms with Crippen molar-refractivity contribution < 1.29 is 9.53 Å². The van der Waals surface area contributed by atoms with Gasteiger partial charge in [-0.3, -0.25) is 9.59 Å². The summed E-state index contributed by atoms with van der Waals surface area (Å²) in [5.41, 5.74) is -0.460. The van der Waals surface area contributed by atoms with Gasteiger partial charge in [-0.1, -0.05) is 0 Å². The van der Waals surface area contributed by atoms with Gasteiger partial charge in [0.05, 0.1) is 6.61 Å². The van der Waals surface area contributed by atoms with Crippen molar-refractivity contribution in [1.82, 2.24) is 8.52 Å². The predicted octanol–water partition coefficient (Wildman–Crippen LogP) is 0.216. The fourth-order valence-electron chi connectivity index (χ4n) is 1.16. The molecular formula is C9H14N2O4S. The number of nitrogens with zero attached hydrogens (tertiary/aromatic N) is 2. The van der Waals surface area contributed by atoms with Gasteiger partial charge in [0.1, 0.15) is 6.54 Å². The van der Waals surface area contributed by atoms with Gasteiger partial charge in [0.15, 0.2) is 0 Å². The summed E-state index contributed by atoms with van der Waals surface area (Å²) in [5.74, 6) is -0.574. The van der Waals surface area contributed by atoms with Crippen molar-refractivity contribution in [3.63, 3.8) is 0 Å². The highest BCUT2D eigenvalue weighted by Gasteiger charge is 2.15. The summed E-state index contributed by atoms with van der Waals surface area (Å²) in [4.78, 5) is 33.9. The van der Waals surface area contributed by atoms with E-state index in [9.17, 15) is 14.4 Å². The molecule has 0 aliphatic carbocycles. The van der Waals surface area contributed by atoms with Gasteiger partial charge in [-0.25, -0.2) is 13.3 Å². The van der Waals surface area contributed by atoms with Crippen molar-refractivity contribution in [2.45, 2.75) is 33.4 Å². The van der Waals surface area contributed by atoms with Crippen molar-refractivity contribution in [3.8, 4) is 0 Å². The molecule has 7 heteroatoms. The smallest absolute Gasteiger partial charge is 0.341 e. The Labute approximate surface area is 96.2 Å². The Hall–Kier alpha value is -1.37. The Balaban J connectivity index is 3.02. The summed E-state index contributed by atoms with van der Waals surface area (Å²) in [7, 11) is 0. The van der Waals surface area contributed by atoms with E-state index in [0.29, 0.717) is 0 Å². The lowest BCUT2D eigenvalue weighted by atomic mass is 10.4. The van der Waals surface area contributed by atoms with Crippen LogP contribution in [0.3, 0.4) is 0 Å². The van der Waals surface area contributed by atoms with Crippen molar-refractivity contribution in [2.24, 2.45) is 0 Å². The van der Waals surface area contributed by atoms with E-state index in [2.05, 4.69) is 4.74 Å². The molecule has 1 rings (SSSR count). The Kier molecular flexibility index (Phi) is 4.05. The van der Waals surface area contributed by atoms with E-state index in [1.165, 1.54) is 3.96 Å². The van der Waals surface area contributed by atoms with Crippen LogP contribution in [0, 0.1) is 0 Å². The number of hydrogen-bond acceptors (Lipinski definition) is 5.